The van der Waals surface area contributed by atoms with Gasteiger partial charge in [-0.05, 0) is 35.2 Å². The van der Waals surface area contributed by atoms with E-state index in [1.54, 1.807) is 24.3 Å². The highest BCUT2D eigenvalue weighted by molar-refractivity contribution is 5.76. The molecular weight excluding hydrogens is 321 g/mol. The zero-order valence-electron chi connectivity index (χ0n) is 13.0. The van der Waals surface area contributed by atoms with Crippen LogP contribution in [0.1, 0.15) is 31.2 Å². The number of benzene rings is 2. The third-order valence-electron chi connectivity index (χ3n) is 3.61. The monoisotopic (exact) mass is 338 g/mol. The summed E-state index contributed by atoms with van der Waals surface area (Å²) in [6.45, 7) is 1.93. The highest BCUT2D eigenvalue weighted by atomic mass is 19.4. The van der Waals surface area contributed by atoms with Gasteiger partial charge in [0.2, 0.25) is 0 Å². The lowest BCUT2D eigenvalue weighted by Gasteiger charge is -2.13. The highest BCUT2D eigenvalue weighted by Gasteiger charge is 2.30. The predicted octanol–water partition coefficient (Wildman–Crippen LogP) is 5.22. The van der Waals surface area contributed by atoms with Gasteiger partial charge in [0.1, 0.15) is 5.75 Å². The molecule has 0 radical (unpaired) electrons. The van der Waals surface area contributed by atoms with Gasteiger partial charge in [-0.3, -0.25) is 4.79 Å². The second-order valence-electron chi connectivity index (χ2n) is 5.37. The third kappa shape index (κ3) is 4.75. The molecule has 128 valence electrons. The second-order valence-corrected chi connectivity index (χ2v) is 5.37. The van der Waals surface area contributed by atoms with Gasteiger partial charge in [0.05, 0.1) is 5.92 Å². The molecule has 0 spiro atoms. The molecule has 0 aliphatic heterocycles. The first-order valence-electron chi connectivity index (χ1n) is 7.49. The summed E-state index contributed by atoms with van der Waals surface area (Å²) in [7, 11) is 0. The summed E-state index contributed by atoms with van der Waals surface area (Å²) in [5.41, 5.74) is 2.22. The molecule has 0 heterocycles. The van der Waals surface area contributed by atoms with Crippen LogP contribution >= 0.6 is 0 Å². The summed E-state index contributed by atoms with van der Waals surface area (Å²) in [5, 5.41) is 9.26. The molecule has 0 amide bonds. The topological polar surface area (TPSA) is 46.5 Å². The molecular formula is C18H17F3O3. The van der Waals surface area contributed by atoms with Gasteiger partial charge in [-0.2, -0.15) is 0 Å². The highest BCUT2D eigenvalue weighted by Crippen LogP contribution is 2.28. The van der Waals surface area contributed by atoms with E-state index in [1.165, 1.54) is 24.3 Å². The van der Waals surface area contributed by atoms with Crippen molar-refractivity contribution in [2.24, 2.45) is 0 Å². The lowest BCUT2D eigenvalue weighted by molar-refractivity contribution is -0.274. The van der Waals surface area contributed by atoms with Crippen LogP contribution in [0.5, 0.6) is 5.75 Å². The van der Waals surface area contributed by atoms with Crippen molar-refractivity contribution in [2.75, 3.05) is 0 Å². The first-order chi connectivity index (χ1) is 11.3. The second kappa shape index (κ2) is 7.38. The predicted molar refractivity (Wildman–Crippen MR) is 83.8 cm³/mol. The van der Waals surface area contributed by atoms with E-state index in [-0.39, 0.29) is 5.75 Å². The maximum Gasteiger partial charge on any atom is 0.573 e. The van der Waals surface area contributed by atoms with E-state index < -0.39 is 18.2 Å². The van der Waals surface area contributed by atoms with Crippen LogP contribution in [-0.2, 0) is 4.79 Å². The minimum Gasteiger partial charge on any atom is -0.481 e. The van der Waals surface area contributed by atoms with Gasteiger partial charge in [-0.1, -0.05) is 49.7 Å². The number of hydrogen-bond donors (Lipinski definition) is 1. The molecule has 2 rings (SSSR count). The van der Waals surface area contributed by atoms with Crippen LogP contribution in [0.2, 0.25) is 0 Å². The van der Waals surface area contributed by atoms with Crippen LogP contribution in [0, 0.1) is 0 Å². The van der Waals surface area contributed by atoms with Gasteiger partial charge in [0.15, 0.2) is 0 Å². The van der Waals surface area contributed by atoms with E-state index in [4.69, 9.17) is 0 Å². The molecule has 0 fully saturated rings. The van der Waals surface area contributed by atoms with Crippen LogP contribution in [0.3, 0.4) is 0 Å². The fraction of sp³-hybridized carbons (Fsp3) is 0.278. The Labute approximate surface area is 137 Å². The van der Waals surface area contributed by atoms with Crippen LogP contribution in [0.25, 0.3) is 11.1 Å². The van der Waals surface area contributed by atoms with Crippen molar-refractivity contribution < 1.29 is 27.8 Å². The van der Waals surface area contributed by atoms with Gasteiger partial charge < -0.3 is 9.84 Å². The molecule has 0 saturated carbocycles. The molecule has 0 bridgehead atoms. The maximum absolute atomic E-state index is 12.1. The number of hydrogen-bond acceptors (Lipinski definition) is 2. The normalized spacial score (nSPS) is 12.7. The molecule has 0 aromatic heterocycles. The summed E-state index contributed by atoms with van der Waals surface area (Å²) < 4.78 is 40.3. The van der Waals surface area contributed by atoms with Crippen molar-refractivity contribution in [1.82, 2.24) is 0 Å². The van der Waals surface area contributed by atoms with Crippen molar-refractivity contribution in [2.45, 2.75) is 32.0 Å². The van der Waals surface area contributed by atoms with Crippen LogP contribution < -0.4 is 4.74 Å². The Morgan fingerprint density at radius 1 is 1.04 bits per heavy atom. The summed E-state index contributed by atoms with van der Waals surface area (Å²) >= 11 is 0. The third-order valence-corrected chi connectivity index (χ3v) is 3.61. The number of halogens is 3. The molecule has 3 nitrogen and oxygen atoms in total. The molecule has 0 saturated heterocycles. The van der Waals surface area contributed by atoms with E-state index in [0.717, 1.165) is 17.5 Å². The van der Waals surface area contributed by atoms with Crippen molar-refractivity contribution >= 4 is 5.97 Å². The van der Waals surface area contributed by atoms with Gasteiger partial charge in [-0.25, -0.2) is 0 Å². The molecule has 1 unspecified atom stereocenters. The van der Waals surface area contributed by atoms with Gasteiger partial charge >= 0.3 is 12.3 Å². The molecule has 24 heavy (non-hydrogen) atoms. The molecule has 0 aliphatic carbocycles. The largest absolute Gasteiger partial charge is 0.573 e. The van der Waals surface area contributed by atoms with Crippen molar-refractivity contribution in [3.05, 3.63) is 54.1 Å². The number of carboxylic acids is 1. The minimum atomic E-state index is -4.71. The quantitative estimate of drug-likeness (QED) is 0.785. The van der Waals surface area contributed by atoms with Gasteiger partial charge in [-0.15, -0.1) is 13.2 Å². The number of carboxylic acid groups (broad SMARTS) is 1. The molecule has 2 aromatic carbocycles. The summed E-state index contributed by atoms with van der Waals surface area (Å²) in [6, 6.07) is 12.5. The first kappa shape index (κ1) is 17.8. The summed E-state index contributed by atoms with van der Waals surface area (Å²) in [4.78, 5) is 11.3. The Bertz CT molecular complexity index is 676. The van der Waals surface area contributed by atoms with Crippen molar-refractivity contribution in [1.29, 1.82) is 0 Å². The number of aliphatic carboxylic acids is 1. The Morgan fingerprint density at radius 3 is 1.96 bits per heavy atom. The van der Waals surface area contributed by atoms with Crippen LogP contribution in [0.15, 0.2) is 48.5 Å². The fourth-order valence-electron chi connectivity index (χ4n) is 2.48. The van der Waals surface area contributed by atoms with E-state index in [2.05, 4.69) is 4.74 Å². The number of ether oxygens (including phenoxy) is 1. The summed E-state index contributed by atoms with van der Waals surface area (Å²) in [6.07, 6.45) is -3.40. The fourth-order valence-corrected chi connectivity index (χ4v) is 2.48. The smallest absolute Gasteiger partial charge is 0.481 e. The Balaban J connectivity index is 2.17. The zero-order chi connectivity index (χ0) is 17.7. The van der Waals surface area contributed by atoms with E-state index >= 15 is 0 Å². The summed E-state index contributed by atoms with van der Waals surface area (Å²) in [5.74, 6) is -1.69. The first-order valence-corrected chi connectivity index (χ1v) is 7.49. The standard InChI is InChI=1S/C18H17F3O3/c1-2-3-16(17(22)23)14-6-4-12(5-7-14)13-8-10-15(11-9-13)24-18(19,20)21/h4-11,16H,2-3H2,1H3,(H,22,23). The molecule has 6 heteroatoms. The van der Waals surface area contributed by atoms with Gasteiger partial charge in [0.25, 0.3) is 0 Å². The lowest BCUT2D eigenvalue weighted by Crippen LogP contribution is -2.16. The van der Waals surface area contributed by atoms with E-state index in [9.17, 15) is 23.1 Å². The average Bonchev–Trinajstić information content (AvgIpc) is 2.52. The van der Waals surface area contributed by atoms with E-state index in [0.29, 0.717) is 12.0 Å². The average molecular weight is 338 g/mol. The SMILES string of the molecule is CCCC(C(=O)O)c1ccc(-c2ccc(OC(F)(F)F)cc2)cc1. The van der Waals surface area contributed by atoms with Crippen LogP contribution in [0.4, 0.5) is 13.2 Å². The Hall–Kier alpha value is -2.50. The molecule has 1 atom stereocenters. The van der Waals surface area contributed by atoms with E-state index in [1.807, 2.05) is 6.92 Å². The minimum absolute atomic E-state index is 0.281. The number of rotatable bonds is 6. The van der Waals surface area contributed by atoms with Crippen molar-refractivity contribution in [3.63, 3.8) is 0 Å². The number of carbonyl (C=O) groups is 1. The number of alkyl halides is 3. The molecule has 1 N–H and O–H groups in total. The van der Waals surface area contributed by atoms with Gasteiger partial charge in [0, 0.05) is 0 Å². The Kier molecular flexibility index (Phi) is 5.49. The zero-order valence-corrected chi connectivity index (χ0v) is 13.0. The molecule has 2 aromatic rings. The lowest BCUT2D eigenvalue weighted by atomic mass is 9.93. The maximum atomic E-state index is 12.1. The molecule has 0 aliphatic rings. The van der Waals surface area contributed by atoms with Crippen LogP contribution in [-0.4, -0.2) is 17.4 Å². The Morgan fingerprint density at radius 2 is 1.54 bits per heavy atom. The van der Waals surface area contributed by atoms with Crippen molar-refractivity contribution in [3.8, 4) is 16.9 Å².